The molecule has 0 amide bonds. The Morgan fingerprint density at radius 3 is 2.45 bits per heavy atom. The number of rotatable bonds is 5. The average Bonchev–Trinajstić information content (AvgIpc) is 2.86. The number of benzene rings is 1. The van der Waals surface area contributed by atoms with Crippen LogP contribution >= 0.6 is 0 Å². The van der Waals surface area contributed by atoms with Gasteiger partial charge in [0.05, 0.1) is 4.90 Å². The summed E-state index contributed by atoms with van der Waals surface area (Å²) in [6, 6.07) is 8.21. The highest BCUT2D eigenvalue weighted by atomic mass is 32.2. The molecule has 0 bridgehead atoms. The van der Waals surface area contributed by atoms with E-state index in [0.29, 0.717) is 12.0 Å². The Morgan fingerprint density at radius 1 is 1.20 bits per heavy atom. The lowest BCUT2D eigenvalue weighted by molar-refractivity contribution is -0.136. The molecule has 0 unspecified atom stereocenters. The smallest absolute Gasteiger partial charge is 0.303 e. The lowest BCUT2D eigenvalue weighted by atomic mass is 10.2. The molecule has 1 N–H and O–H groups in total. The molecule has 20 heavy (non-hydrogen) atoms. The van der Waals surface area contributed by atoms with Crippen molar-refractivity contribution in [1.82, 2.24) is 3.97 Å². The highest BCUT2D eigenvalue weighted by Gasteiger charge is 2.16. The highest BCUT2D eigenvalue weighted by Crippen LogP contribution is 2.16. The molecule has 5 nitrogen and oxygen atoms in total. The zero-order chi connectivity index (χ0) is 14.8. The first kappa shape index (κ1) is 14.3. The second-order valence-electron chi connectivity index (χ2n) is 4.56. The van der Waals surface area contributed by atoms with Crippen molar-refractivity contribution in [3.63, 3.8) is 0 Å². The number of carboxylic acids is 1. The fraction of sp³-hybridized carbons (Fsp3) is 0.214. The van der Waals surface area contributed by atoms with Gasteiger partial charge in [0.1, 0.15) is 0 Å². The summed E-state index contributed by atoms with van der Waals surface area (Å²) in [7, 11) is -3.60. The van der Waals surface area contributed by atoms with Gasteiger partial charge in [-0.1, -0.05) is 17.7 Å². The van der Waals surface area contributed by atoms with Crippen LogP contribution in [0.25, 0.3) is 0 Å². The van der Waals surface area contributed by atoms with Crippen LogP contribution in [0.5, 0.6) is 0 Å². The standard InChI is InChI=1S/C14H15NO4S/c1-11-2-5-13(6-3-11)20(18,19)15-9-8-12(10-15)4-7-14(16)17/h2-3,5-6,8-10H,4,7H2,1H3,(H,16,17). The van der Waals surface area contributed by atoms with Crippen molar-refractivity contribution in [2.45, 2.75) is 24.7 Å². The second kappa shape index (κ2) is 5.50. The average molecular weight is 293 g/mol. The van der Waals surface area contributed by atoms with Crippen molar-refractivity contribution in [1.29, 1.82) is 0 Å². The van der Waals surface area contributed by atoms with Crippen LogP contribution < -0.4 is 0 Å². The van der Waals surface area contributed by atoms with Crippen LogP contribution in [0.15, 0.2) is 47.6 Å². The van der Waals surface area contributed by atoms with Crippen LogP contribution in [0.3, 0.4) is 0 Å². The molecule has 0 spiro atoms. The monoisotopic (exact) mass is 293 g/mol. The molecule has 0 radical (unpaired) electrons. The van der Waals surface area contributed by atoms with Gasteiger partial charge in [0.25, 0.3) is 10.0 Å². The van der Waals surface area contributed by atoms with Crippen molar-refractivity contribution >= 4 is 16.0 Å². The molecule has 1 aromatic heterocycles. The third-order valence-corrected chi connectivity index (χ3v) is 4.60. The minimum Gasteiger partial charge on any atom is -0.481 e. The van der Waals surface area contributed by atoms with Gasteiger partial charge in [0.2, 0.25) is 0 Å². The van der Waals surface area contributed by atoms with Crippen LogP contribution in [0.1, 0.15) is 17.5 Å². The molecule has 0 aliphatic rings. The van der Waals surface area contributed by atoms with E-state index < -0.39 is 16.0 Å². The summed E-state index contributed by atoms with van der Waals surface area (Å²) in [6.07, 6.45) is 3.19. The second-order valence-corrected chi connectivity index (χ2v) is 6.40. The summed E-state index contributed by atoms with van der Waals surface area (Å²) in [5.74, 6) is -0.904. The molecule has 0 aliphatic carbocycles. The minimum atomic E-state index is -3.60. The Morgan fingerprint density at radius 2 is 1.85 bits per heavy atom. The van der Waals surface area contributed by atoms with Gasteiger partial charge in [-0.05, 0) is 37.1 Å². The molecule has 1 heterocycles. The molecule has 0 aliphatic heterocycles. The lowest BCUT2D eigenvalue weighted by Gasteiger charge is -2.05. The van der Waals surface area contributed by atoms with E-state index in [-0.39, 0.29) is 11.3 Å². The fourth-order valence-electron chi connectivity index (χ4n) is 1.80. The molecule has 6 heteroatoms. The van der Waals surface area contributed by atoms with Gasteiger partial charge in [0, 0.05) is 18.8 Å². The van der Waals surface area contributed by atoms with Crippen molar-refractivity contribution in [3.8, 4) is 0 Å². The quantitative estimate of drug-likeness (QED) is 0.915. The molecule has 0 fully saturated rings. The number of aryl methyl sites for hydroxylation is 2. The van der Waals surface area contributed by atoms with Gasteiger partial charge < -0.3 is 5.11 Å². The topological polar surface area (TPSA) is 76.4 Å². The Balaban J connectivity index is 2.26. The molecule has 2 rings (SSSR count). The lowest BCUT2D eigenvalue weighted by Crippen LogP contribution is -2.10. The first-order valence-corrected chi connectivity index (χ1v) is 7.54. The van der Waals surface area contributed by atoms with E-state index in [1.807, 2.05) is 6.92 Å². The zero-order valence-electron chi connectivity index (χ0n) is 11.0. The Kier molecular flexibility index (Phi) is 3.94. The first-order valence-electron chi connectivity index (χ1n) is 6.10. The molecule has 106 valence electrons. The number of aromatic nitrogens is 1. The number of nitrogens with zero attached hydrogens (tertiary/aromatic N) is 1. The minimum absolute atomic E-state index is 0.0193. The van der Waals surface area contributed by atoms with Gasteiger partial charge in [0.15, 0.2) is 0 Å². The van der Waals surface area contributed by atoms with E-state index in [9.17, 15) is 13.2 Å². The van der Waals surface area contributed by atoms with Gasteiger partial charge in [-0.25, -0.2) is 12.4 Å². The number of hydrogen-bond donors (Lipinski definition) is 1. The first-order chi connectivity index (χ1) is 9.39. The van der Waals surface area contributed by atoms with Crippen LogP contribution in [-0.4, -0.2) is 23.5 Å². The van der Waals surface area contributed by atoms with Crippen LogP contribution in [0.4, 0.5) is 0 Å². The van der Waals surface area contributed by atoms with Gasteiger partial charge >= 0.3 is 5.97 Å². The van der Waals surface area contributed by atoms with Crippen LogP contribution in [0, 0.1) is 6.92 Å². The predicted octanol–water partition coefficient (Wildman–Crippen LogP) is 2.05. The summed E-state index contributed by atoms with van der Waals surface area (Å²) in [6.45, 7) is 1.88. The molecule has 0 saturated carbocycles. The van der Waals surface area contributed by atoms with Gasteiger partial charge in [-0.15, -0.1) is 0 Å². The molecule has 1 aromatic carbocycles. The third kappa shape index (κ3) is 3.08. The van der Waals surface area contributed by atoms with Crippen LogP contribution in [-0.2, 0) is 21.2 Å². The van der Waals surface area contributed by atoms with E-state index in [0.717, 1.165) is 9.54 Å². The molecule has 2 aromatic rings. The maximum Gasteiger partial charge on any atom is 0.303 e. The number of aliphatic carboxylic acids is 1. The highest BCUT2D eigenvalue weighted by molar-refractivity contribution is 7.90. The van der Waals surface area contributed by atoms with Crippen molar-refractivity contribution in [2.75, 3.05) is 0 Å². The molecule has 0 saturated heterocycles. The van der Waals surface area contributed by atoms with E-state index >= 15 is 0 Å². The SMILES string of the molecule is Cc1ccc(S(=O)(=O)n2ccc(CCC(=O)O)c2)cc1. The third-order valence-electron chi connectivity index (χ3n) is 2.95. The number of hydrogen-bond acceptors (Lipinski definition) is 3. The number of carbonyl (C=O) groups is 1. The van der Waals surface area contributed by atoms with E-state index in [4.69, 9.17) is 5.11 Å². The van der Waals surface area contributed by atoms with Crippen LogP contribution in [0.2, 0.25) is 0 Å². The maximum absolute atomic E-state index is 12.3. The fourth-order valence-corrected chi connectivity index (χ4v) is 3.02. The summed E-state index contributed by atoms with van der Waals surface area (Å²) in [4.78, 5) is 10.7. The van der Waals surface area contributed by atoms with Crippen molar-refractivity contribution in [3.05, 3.63) is 53.9 Å². The molecular formula is C14H15NO4S. The summed E-state index contributed by atoms with van der Waals surface area (Å²) < 4.78 is 25.8. The summed E-state index contributed by atoms with van der Waals surface area (Å²) >= 11 is 0. The molecule has 0 atom stereocenters. The maximum atomic E-state index is 12.3. The van der Waals surface area contributed by atoms with Crippen molar-refractivity contribution in [2.24, 2.45) is 0 Å². The zero-order valence-corrected chi connectivity index (χ0v) is 11.8. The van der Waals surface area contributed by atoms with E-state index in [1.165, 1.54) is 12.4 Å². The predicted molar refractivity (Wildman–Crippen MR) is 74.2 cm³/mol. The van der Waals surface area contributed by atoms with Gasteiger partial charge in [-0.3, -0.25) is 4.79 Å². The van der Waals surface area contributed by atoms with E-state index in [2.05, 4.69) is 0 Å². The normalized spacial score (nSPS) is 11.4. The summed E-state index contributed by atoms with van der Waals surface area (Å²) in [5, 5.41) is 8.62. The molecular weight excluding hydrogens is 278 g/mol. The van der Waals surface area contributed by atoms with Crippen molar-refractivity contribution < 1.29 is 18.3 Å². The largest absolute Gasteiger partial charge is 0.481 e. The summed E-state index contributed by atoms with van der Waals surface area (Å²) in [5.41, 5.74) is 1.67. The number of carboxylic acid groups (broad SMARTS) is 1. The Bertz CT molecular complexity index is 714. The van der Waals surface area contributed by atoms with Gasteiger partial charge in [-0.2, -0.15) is 0 Å². The Labute approximate surface area is 117 Å². The van der Waals surface area contributed by atoms with E-state index in [1.54, 1.807) is 30.3 Å². The Hall–Kier alpha value is -2.08.